The van der Waals surface area contributed by atoms with Gasteiger partial charge in [0.2, 0.25) is 12.3 Å². The summed E-state index contributed by atoms with van der Waals surface area (Å²) in [7, 11) is 0. The van der Waals surface area contributed by atoms with E-state index in [2.05, 4.69) is 26.8 Å². The number of hydrogen-bond acceptors (Lipinski definition) is 5. The van der Waals surface area contributed by atoms with E-state index in [0.717, 1.165) is 27.8 Å². The van der Waals surface area contributed by atoms with Gasteiger partial charge in [0.15, 0.2) is 11.5 Å². The van der Waals surface area contributed by atoms with Crippen molar-refractivity contribution >= 4 is 11.6 Å². The summed E-state index contributed by atoms with van der Waals surface area (Å²) < 4.78 is 6.56. The van der Waals surface area contributed by atoms with Crippen molar-refractivity contribution in [3.05, 3.63) is 135 Å². The lowest BCUT2D eigenvalue weighted by molar-refractivity contribution is -0.479. The van der Waals surface area contributed by atoms with Crippen LogP contribution in [0.1, 0.15) is 53.5 Å². The summed E-state index contributed by atoms with van der Waals surface area (Å²) in [6, 6.07) is 30.3. The van der Waals surface area contributed by atoms with Gasteiger partial charge in [-0.25, -0.2) is 0 Å². The summed E-state index contributed by atoms with van der Waals surface area (Å²) in [6.45, 7) is 5.69. The normalized spacial score (nSPS) is 13.3. The second kappa shape index (κ2) is 10.7. The zero-order valence-electron chi connectivity index (χ0n) is 22.6. The van der Waals surface area contributed by atoms with Crippen molar-refractivity contribution in [2.75, 3.05) is 6.54 Å². The molecule has 1 aliphatic rings. The van der Waals surface area contributed by atoms with Gasteiger partial charge in [-0.1, -0.05) is 106 Å². The molecule has 0 aliphatic heterocycles. The van der Waals surface area contributed by atoms with Crippen molar-refractivity contribution in [2.45, 2.75) is 32.6 Å². The second-order valence-electron chi connectivity index (χ2n) is 10.8. The minimum atomic E-state index is -0.493. The molecule has 0 radical (unpaired) electrons. The summed E-state index contributed by atoms with van der Waals surface area (Å²) in [5.41, 5.74) is 4.56. The summed E-state index contributed by atoms with van der Waals surface area (Å²) in [5, 5.41) is 11.3. The van der Waals surface area contributed by atoms with Gasteiger partial charge in [-0.3, -0.25) is 19.7 Å². The quantitative estimate of drug-likeness (QED) is 0.180. The Morgan fingerprint density at radius 1 is 0.700 bits per heavy atom. The predicted octanol–water partition coefficient (Wildman–Crippen LogP) is 7.70. The van der Waals surface area contributed by atoms with Gasteiger partial charge in [0, 0.05) is 33.6 Å². The third kappa shape index (κ3) is 5.21. The highest BCUT2D eigenvalue weighted by Gasteiger charge is 2.36. The summed E-state index contributed by atoms with van der Waals surface area (Å²) in [6.07, 6.45) is -0.213. The minimum absolute atomic E-state index is 0.0198. The molecule has 0 bridgehead atoms. The molecule has 6 heteroatoms. The van der Waals surface area contributed by atoms with E-state index in [9.17, 15) is 19.7 Å². The molecular weight excluding hydrogens is 502 g/mol. The number of rotatable bonds is 7. The Morgan fingerprint density at radius 3 is 1.82 bits per heavy atom. The predicted molar refractivity (Wildman–Crippen MR) is 155 cm³/mol. The van der Waals surface area contributed by atoms with Crippen LogP contribution in [0.15, 0.2) is 108 Å². The van der Waals surface area contributed by atoms with Crippen LogP contribution >= 0.6 is 0 Å². The summed E-state index contributed by atoms with van der Waals surface area (Å²) >= 11 is 0. The van der Waals surface area contributed by atoms with Crippen LogP contribution < -0.4 is 4.74 Å². The Hall–Kier alpha value is -4.84. The van der Waals surface area contributed by atoms with Crippen LogP contribution in [0.5, 0.6) is 5.75 Å². The molecule has 40 heavy (non-hydrogen) atoms. The molecule has 0 atom stereocenters. The molecule has 5 rings (SSSR count). The van der Waals surface area contributed by atoms with Crippen molar-refractivity contribution in [3.8, 4) is 28.0 Å². The van der Waals surface area contributed by atoms with Gasteiger partial charge in [-0.15, -0.1) is 0 Å². The molecule has 0 N–H and O–H groups in total. The molecule has 4 aromatic carbocycles. The molecule has 4 aromatic rings. The van der Waals surface area contributed by atoms with Gasteiger partial charge in [-0.05, 0) is 34.2 Å². The van der Waals surface area contributed by atoms with Gasteiger partial charge in [0.1, 0.15) is 5.75 Å². The summed E-state index contributed by atoms with van der Waals surface area (Å²) in [5.74, 6) is -0.584. The fourth-order valence-corrected chi connectivity index (χ4v) is 4.97. The standard InChI is InChI=1S/C34H29NO5/c1-34(2,3)29-21-24(22-12-6-4-7-13-22)20-28(23-14-8-5-9-15-23)32(29)40-33-27(18-19-35(38)39)30(36)25-16-10-11-17-26(25)31(33)37/h4-17,20-21H,18-19H2,1-3H3. The van der Waals surface area contributed by atoms with Gasteiger partial charge < -0.3 is 4.74 Å². The molecule has 0 saturated carbocycles. The number of ketones is 2. The van der Waals surface area contributed by atoms with Crippen molar-refractivity contribution in [3.63, 3.8) is 0 Å². The van der Waals surface area contributed by atoms with E-state index in [-0.39, 0.29) is 28.9 Å². The van der Waals surface area contributed by atoms with Gasteiger partial charge in [0.05, 0.1) is 5.57 Å². The second-order valence-corrected chi connectivity index (χ2v) is 10.8. The maximum atomic E-state index is 13.8. The highest BCUT2D eigenvalue weighted by Crippen LogP contribution is 2.44. The van der Waals surface area contributed by atoms with E-state index < -0.39 is 28.4 Å². The lowest BCUT2D eigenvalue weighted by atomic mass is 9.81. The molecule has 0 unspecified atom stereocenters. The van der Waals surface area contributed by atoms with E-state index in [1.807, 2.05) is 66.7 Å². The van der Waals surface area contributed by atoms with Gasteiger partial charge >= 0.3 is 0 Å². The van der Waals surface area contributed by atoms with Crippen LogP contribution in [0, 0.1) is 10.1 Å². The third-order valence-corrected chi connectivity index (χ3v) is 7.01. The smallest absolute Gasteiger partial charge is 0.229 e. The average molecular weight is 532 g/mol. The van der Waals surface area contributed by atoms with Gasteiger partial charge in [0.25, 0.3) is 0 Å². The molecule has 0 heterocycles. The zero-order valence-corrected chi connectivity index (χ0v) is 22.6. The molecule has 6 nitrogen and oxygen atoms in total. The van der Waals surface area contributed by atoms with E-state index in [1.165, 1.54) is 0 Å². The average Bonchev–Trinajstić information content (AvgIpc) is 2.95. The Morgan fingerprint density at radius 2 is 1.25 bits per heavy atom. The number of allylic oxidation sites excluding steroid dienone is 1. The number of carbonyl (C=O) groups excluding carboxylic acids is 2. The fourth-order valence-electron chi connectivity index (χ4n) is 4.97. The minimum Gasteiger partial charge on any atom is -0.452 e. The van der Waals surface area contributed by atoms with Crippen LogP contribution in [0.4, 0.5) is 0 Å². The van der Waals surface area contributed by atoms with E-state index >= 15 is 0 Å². The highest BCUT2D eigenvalue weighted by molar-refractivity contribution is 6.26. The molecule has 0 aromatic heterocycles. The largest absolute Gasteiger partial charge is 0.452 e. The summed E-state index contributed by atoms with van der Waals surface area (Å²) in [4.78, 5) is 38.1. The molecule has 0 spiro atoms. The molecule has 0 fully saturated rings. The topological polar surface area (TPSA) is 86.5 Å². The van der Waals surface area contributed by atoms with Crippen molar-refractivity contribution in [2.24, 2.45) is 0 Å². The highest BCUT2D eigenvalue weighted by atomic mass is 16.6. The van der Waals surface area contributed by atoms with E-state index in [4.69, 9.17) is 4.74 Å². The number of Topliss-reactive ketones (excluding diaryl/α,β-unsaturated/α-hetero) is 2. The number of nitrogens with zero attached hydrogens (tertiary/aromatic N) is 1. The fraction of sp³-hybridized carbons (Fsp3) is 0.176. The Bertz CT molecular complexity index is 1650. The van der Waals surface area contributed by atoms with Crippen molar-refractivity contribution in [1.82, 2.24) is 0 Å². The third-order valence-electron chi connectivity index (χ3n) is 7.01. The van der Waals surface area contributed by atoms with Crippen LogP contribution in [-0.4, -0.2) is 23.0 Å². The first kappa shape index (κ1) is 26.8. The molecule has 200 valence electrons. The van der Waals surface area contributed by atoms with Crippen LogP contribution in [0.2, 0.25) is 0 Å². The van der Waals surface area contributed by atoms with Crippen LogP contribution in [-0.2, 0) is 5.41 Å². The number of nitro groups is 1. The van der Waals surface area contributed by atoms with Crippen molar-refractivity contribution in [1.29, 1.82) is 0 Å². The first-order chi connectivity index (χ1) is 19.1. The SMILES string of the molecule is CC(C)(C)c1cc(-c2ccccc2)cc(-c2ccccc2)c1OC1=C(CC[N+](=O)[O-])C(=O)c2ccccc2C1=O. The maximum Gasteiger partial charge on any atom is 0.229 e. The van der Waals surface area contributed by atoms with Gasteiger partial charge in [-0.2, -0.15) is 0 Å². The zero-order chi connectivity index (χ0) is 28.4. The van der Waals surface area contributed by atoms with E-state index in [1.54, 1.807) is 24.3 Å². The number of ether oxygens (including phenoxy) is 1. The number of benzene rings is 4. The Kier molecular flexibility index (Phi) is 7.18. The molecule has 1 aliphatic carbocycles. The van der Waals surface area contributed by atoms with Crippen molar-refractivity contribution < 1.29 is 19.2 Å². The lowest BCUT2D eigenvalue weighted by Crippen LogP contribution is -2.27. The van der Waals surface area contributed by atoms with Crippen LogP contribution in [0.25, 0.3) is 22.3 Å². The molecule has 0 amide bonds. The Labute approximate surface area is 233 Å². The number of fused-ring (bicyclic) bond motifs is 1. The van der Waals surface area contributed by atoms with E-state index in [0.29, 0.717) is 5.75 Å². The lowest BCUT2D eigenvalue weighted by Gasteiger charge is -2.28. The molecular formula is C34H29NO5. The van der Waals surface area contributed by atoms with Crippen LogP contribution in [0.3, 0.4) is 0 Å². The number of carbonyl (C=O) groups is 2. The monoisotopic (exact) mass is 531 g/mol. The Balaban J connectivity index is 1.77. The first-order valence-corrected chi connectivity index (χ1v) is 13.2. The maximum absolute atomic E-state index is 13.8. The molecule has 0 saturated heterocycles. The number of hydrogen-bond donors (Lipinski definition) is 0. The first-order valence-electron chi connectivity index (χ1n) is 13.2.